The summed E-state index contributed by atoms with van der Waals surface area (Å²) in [5, 5.41) is 0. The maximum atomic E-state index is 12.1. The Morgan fingerprint density at radius 3 is 1.78 bits per heavy atom. The van der Waals surface area contributed by atoms with E-state index in [0.717, 1.165) is 19.3 Å². The maximum Gasteiger partial charge on any atom is 0.323 e. The molecular formula is C14H20O4. The molecule has 0 saturated heterocycles. The molecule has 18 heavy (non-hydrogen) atoms. The first-order chi connectivity index (χ1) is 8.67. The van der Waals surface area contributed by atoms with E-state index in [4.69, 9.17) is 9.47 Å². The van der Waals surface area contributed by atoms with Crippen LogP contribution >= 0.6 is 0 Å². The van der Waals surface area contributed by atoms with Crippen molar-refractivity contribution in [1.29, 1.82) is 0 Å². The predicted octanol–water partition coefficient (Wildman–Crippen LogP) is 2.40. The van der Waals surface area contributed by atoms with Gasteiger partial charge in [-0.3, -0.25) is 9.59 Å². The Bertz CT molecular complexity index is 301. The van der Waals surface area contributed by atoms with Crippen LogP contribution in [0.15, 0.2) is 25.3 Å². The lowest BCUT2D eigenvalue weighted by Gasteiger charge is -2.32. The Morgan fingerprint density at radius 2 is 1.39 bits per heavy atom. The minimum Gasteiger partial charge on any atom is -0.461 e. The number of esters is 2. The molecule has 0 heterocycles. The van der Waals surface area contributed by atoms with Gasteiger partial charge in [0, 0.05) is 0 Å². The summed E-state index contributed by atoms with van der Waals surface area (Å²) in [6, 6.07) is 0. The second kappa shape index (κ2) is 6.99. The fraction of sp³-hybridized carbons (Fsp3) is 0.571. The van der Waals surface area contributed by atoms with Crippen LogP contribution in [0.4, 0.5) is 0 Å². The fourth-order valence-electron chi connectivity index (χ4n) is 2.19. The average molecular weight is 252 g/mol. The topological polar surface area (TPSA) is 52.6 Å². The standard InChI is InChI=1S/C14H20O4/c1-3-10-17-12(15)14(8-6-5-7-9-14)13(16)18-11-4-2/h3-4H,1-2,5-11H2. The first-order valence-corrected chi connectivity index (χ1v) is 6.23. The van der Waals surface area contributed by atoms with Gasteiger partial charge >= 0.3 is 11.9 Å². The summed E-state index contributed by atoms with van der Waals surface area (Å²) in [6.45, 7) is 7.22. The lowest BCUT2D eigenvalue weighted by molar-refractivity contribution is -0.173. The molecule has 100 valence electrons. The van der Waals surface area contributed by atoms with E-state index in [-0.39, 0.29) is 13.2 Å². The van der Waals surface area contributed by atoms with E-state index in [1.54, 1.807) is 0 Å². The molecule has 4 nitrogen and oxygen atoms in total. The van der Waals surface area contributed by atoms with E-state index in [0.29, 0.717) is 12.8 Å². The van der Waals surface area contributed by atoms with Crippen LogP contribution in [0, 0.1) is 5.41 Å². The highest BCUT2D eigenvalue weighted by atomic mass is 16.6. The number of rotatable bonds is 6. The molecule has 1 rings (SSSR count). The average Bonchev–Trinajstić information content (AvgIpc) is 2.42. The molecule has 1 aliphatic carbocycles. The van der Waals surface area contributed by atoms with Crippen molar-refractivity contribution in [3.8, 4) is 0 Å². The summed E-state index contributed by atoms with van der Waals surface area (Å²) in [5.41, 5.74) is -1.12. The van der Waals surface area contributed by atoms with Gasteiger partial charge in [0.1, 0.15) is 13.2 Å². The van der Waals surface area contributed by atoms with E-state index >= 15 is 0 Å². The van der Waals surface area contributed by atoms with Crippen LogP contribution in [0.2, 0.25) is 0 Å². The maximum absolute atomic E-state index is 12.1. The summed E-state index contributed by atoms with van der Waals surface area (Å²) in [7, 11) is 0. The first-order valence-electron chi connectivity index (χ1n) is 6.23. The van der Waals surface area contributed by atoms with Gasteiger partial charge in [0.05, 0.1) is 0 Å². The minimum atomic E-state index is -1.12. The number of hydrogen-bond donors (Lipinski definition) is 0. The molecule has 0 N–H and O–H groups in total. The van der Waals surface area contributed by atoms with Crippen LogP contribution in [0.25, 0.3) is 0 Å². The Hall–Kier alpha value is -1.58. The zero-order chi connectivity index (χ0) is 13.4. The van der Waals surface area contributed by atoms with Crippen molar-refractivity contribution in [2.75, 3.05) is 13.2 Å². The summed E-state index contributed by atoms with van der Waals surface area (Å²) in [4.78, 5) is 24.2. The van der Waals surface area contributed by atoms with Gasteiger partial charge in [0.2, 0.25) is 0 Å². The predicted molar refractivity (Wildman–Crippen MR) is 67.8 cm³/mol. The van der Waals surface area contributed by atoms with Gasteiger partial charge in [-0.2, -0.15) is 0 Å². The van der Waals surface area contributed by atoms with Gasteiger partial charge in [-0.1, -0.05) is 44.6 Å². The van der Waals surface area contributed by atoms with Crippen LogP contribution in [0.5, 0.6) is 0 Å². The second-order valence-electron chi connectivity index (χ2n) is 4.42. The zero-order valence-corrected chi connectivity index (χ0v) is 10.7. The van der Waals surface area contributed by atoms with Crippen LogP contribution in [-0.2, 0) is 19.1 Å². The van der Waals surface area contributed by atoms with Gasteiger partial charge in [-0.15, -0.1) is 0 Å². The van der Waals surface area contributed by atoms with Crippen molar-refractivity contribution in [1.82, 2.24) is 0 Å². The number of carbonyl (C=O) groups excluding carboxylic acids is 2. The molecule has 0 aliphatic heterocycles. The van der Waals surface area contributed by atoms with Gasteiger partial charge < -0.3 is 9.47 Å². The summed E-state index contributed by atoms with van der Waals surface area (Å²) in [6.07, 6.45) is 6.69. The molecule has 0 aromatic heterocycles. The molecule has 0 bridgehead atoms. The van der Waals surface area contributed by atoms with Gasteiger partial charge in [-0.25, -0.2) is 0 Å². The van der Waals surface area contributed by atoms with Crippen molar-refractivity contribution in [2.45, 2.75) is 32.1 Å². The van der Waals surface area contributed by atoms with Crippen LogP contribution in [0.3, 0.4) is 0 Å². The fourth-order valence-corrected chi connectivity index (χ4v) is 2.19. The van der Waals surface area contributed by atoms with Crippen molar-refractivity contribution in [3.63, 3.8) is 0 Å². The molecule has 4 heteroatoms. The third-order valence-electron chi connectivity index (χ3n) is 3.15. The minimum absolute atomic E-state index is 0.120. The number of carbonyl (C=O) groups is 2. The SMILES string of the molecule is C=CCOC(=O)C1(C(=O)OCC=C)CCCCC1. The van der Waals surface area contributed by atoms with Gasteiger partial charge in [0.15, 0.2) is 5.41 Å². The molecular weight excluding hydrogens is 232 g/mol. The first kappa shape index (κ1) is 14.5. The monoisotopic (exact) mass is 252 g/mol. The third kappa shape index (κ3) is 3.22. The Labute approximate surface area is 108 Å². The van der Waals surface area contributed by atoms with Crippen molar-refractivity contribution in [2.24, 2.45) is 5.41 Å². The molecule has 0 aromatic rings. The van der Waals surface area contributed by atoms with Gasteiger partial charge in [-0.05, 0) is 12.8 Å². The summed E-state index contributed by atoms with van der Waals surface area (Å²) >= 11 is 0. The molecule has 0 aromatic carbocycles. The molecule has 0 unspecified atom stereocenters. The molecule has 0 radical (unpaired) electrons. The van der Waals surface area contributed by atoms with Crippen LogP contribution < -0.4 is 0 Å². The molecule has 1 saturated carbocycles. The second-order valence-corrected chi connectivity index (χ2v) is 4.42. The molecule has 1 aliphatic rings. The zero-order valence-electron chi connectivity index (χ0n) is 10.7. The van der Waals surface area contributed by atoms with E-state index < -0.39 is 17.4 Å². The molecule has 0 amide bonds. The summed E-state index contributed by atoms with van der Waals surface area (Å²) in [5.74, 6) is -0.979. The van der Waals surface area contributed by atoms with E-state index in [9.17, 15) is 9.59 Å². The number of hydrogen-bond acceptors (Lipinski definition) is 4. The highest BCUT2D eigenvalue weighted by Gasteiger charge is 2.49. The largest absolute Gasteiger partial charge is 0.461 e. The molecule has 0 atom stereocenters. The van der Waals surface area contributed by atoms with E-state index in [2.05, 4.69) is 13.2 Å². The lowest BCUT2D eigenvalue weighted by Crippen LogP contribution is -2.43. The highest BCUT2D eigenvalue weighted by molar-refractivity contribution is 6.00. The Morgan fingerprint density at radius 1 is 0.944 bits per heavy atom. The Balaban J connectivity index is 2.79. The Kier molecular flexibility index (Phi) is 5.62. The normalized spacial score (nSPS) is 17.6. The third-order valence-corrected chi connectivity index (χ3v) is 3.15. The lowest BCUT2D eigenvalue weighted by atomic mass is 9.74. The van der Waals surface area contributed by atoms with Crippen molar-refractivity contribution < 1.29 is 19.1 Å². The van der Waals surface area contributed by atoms with Crippen LogP contribution in [-0.4, -0.2) is 25.2 Å². The van der Waals surface area contributed by atoms with Crippen molar-refractivity contribution >= 4 is 11.9 Å². The molecule has 1 fully saturated rings. The van der Waals surface area contributed by atoms with E-state index in [1.165, 1.54) is 12.2 Å². The van der Waals surface area contributed by atoms with Crippen molar-refractivity contribution in [3.05, 3.63) is 25.3 Å². The summed E-state index contributed by atoms with van der Waals surface area (Å²) < 4.78 is 10.1. The smallest absolute Gasteiger partial charge is 0.323 e. The number of ether oxygens (including phenoxy) is 2. The van der Waals surface area contributed by atoms with Gasteiger partial charge in [0.25, 0.3) is 0 Å². The highest BCUT2D eigenvalue weighted by Crippen LogP contribution is 2.38. The van der Waals surface area contributed by atoms with Crippen LogP contribution in [0.1, 0.15) is 32.1 Å². The quantitative estimate of drug-likeness (QED) is 0.414. The molecule has 0 spiro atoms. The van der Waals surface area contributed by atoms with E-state index in [1.807, 2.05) is 0 Å².